The number of methoxy groups -OCH3 is 1. The van der Waals surface area contributed by atoms with Gasteiger partial charge in [-0.3, -0.25) is 14.9 Å². The minimum atomic E-state index is -0.515. The van der Waals surface area contributed by atoms with E-state index in [2.05, 4.69) is 5.32 Å². The molecule has 0 fully saturated rings. The standard InChI is InChI=1S/C16H16N2O4S/c1-22-15-9-13(18(20)21)7-8-14(15)17-16(19)12-5-3-11(4-6-12)10-23-2/h3-9H,10H2,1-2H3,(H,17,19). The number of non-ortho nitro benzene ring substituents is 1. The second kappa shape index (κ2) is 7.64. The lowest BCUT2D eigenvalue weighted by Crippen LogP contribution is -2.12. The Hall–Kier alpha value is -2.54. The second-order valence-corrected chi connectivity index (χ2v) is 5.59. The minimum Gasteiger partial charge on any atom is -0.494 e. The molecule has 0 spiro atoms. The third-order valence-electron chi connectivity index (χ3n) is 3.17. The lowest BCUT2D eigenvalue weighted by Gasteiger charge is -2.10. The van der Waals surface area contributed by atoms with Gasteiger partial charge in [-0.1, -0.05) is 12.1 Å². The van der Waals surface area contributed by atoms with Gasteiger partial charge in [0.2, 0.25) is 0 Å². The van der Waals surface area contributed by atoms with E-state index in [4.69, 9.17) is 4.74 Å². The van der Waals surface area contributed by atoms with Crippen LogP contribution in [0.2, 0.25) is 0 Å². The van der Waals surface area contributed by atoms with Crippen molar-refractivity contribution in [1.29, 1.82) is 0 Å². The van der Waals surface area contributed by atoms with Crippen LogP contribution in [-0.4, -0.2) is 24.2 Å². The maximum Gasteiger partial charge on any atom is 0.273 e. The SMILES string of the molecule is COc1cc([N+](=O)[O-])ccc1NC(=O)c1ccc(CSC)cc1. The summed E-state index contributed by atoms with van der Waals surface area (Å²) >= 11 is 1.71. The first-order valence-electron chi connectivity index (χ1n) is 6.77. The zero-order valence-electron chi connectivity index (χ0n) is 12.7. The van der Waals surface area contributed by atoms with Crippen molar-refractivity contribution in [2.45, 2.75) is 5.75 Å². The van der Waals surface area contributed by atoms with E-state index < -0.39 is 4.92 Å². The number of nitro groups is 1. The number of hydrogen-bond acceptors (Lipinski definition) is 5. The molecule has 0 aliphatic heterocycles. The normalized spacial score (nSPS) is 10.2. The van der Waals surface area contributed by atoms with E-state index in [1.54, 1.807) is 23.9 Å². The van der Waals surface area contributed by atoms with Crippen LogP contribution in [0.3, 0.4) is 0 Å². The molecule has 2 rings (SSSR count). The lowest BCUT2D eigenvalue weighted by atomic mass is 10.1. The van der Waals surface area contributed by atoms with Gasteiger partial charge in [-0.25, -0.2) is 0 Å². The van der Waals surface area contributed by atoms with E-state index in [9.17, 15) is 14.9 Å². The molecule has 0 atom stereocenters. The molecule has 6 nitrogen and oxygen atoms in total. The van der Waals surface area contributed by atoms with Crippen molar-refractivity contribution in [3.63, 3.8) is 0 Å². The molecule has 0 radical (unpaired) electrons. The van der Waals surface area contributed by atoms with Crippen LogP contribution in [0.15, 0.2) is 42.5 Å². The maximum atomic E-state index is 12.3. The highest BCUT2D eigenvalue weighted by Gasteiger charge is 2.14. The monoisotopic (exact) mass is 332 g/mol. The predicted molar refractivity (Wildman–Crippen MR) is 91.3 cm³/mol. The van der Waals surface area contributed by atoms with Crippen molar-refractivity contribution < 1.29 is 14.5 Å². The van der Waals surface area contributed by atoms with Crippen LogP contribution in [0, 0.1) is 10.1 Å². The number of nitro benzene ring substituents is 1. The molecule has 2 aromatic carbocycles. The number of ether oxygens (including phenoxy) is 1. The first-order valence-corrected chi connectivity index (χ1v) is 8.16. The zero-order valence-corrected chi connectivity index (χ0v) is 13.6. The van der Waals surface area contributed by atoms with Crippen LogP contribution in [0.1, 0.15) is 15.9 Å². The highest BCUT2D eigenvalue weighted by atomic mass is 32.2. The highest BCUT2D eigenvalue weighted by molar-refractivity contribution is 7.97. The lowest BCUT2D eigenvalue weighted by molar-refractivity contribution is -0.384. The van der Waals surface area contributed by atoms with Crippen molar-refractivity contribution in [2.24, 2.45) is 0 Å². The van der Waals surface area contributed by atoms with Crippen LogP contribution in [0.4, 0.5) is 11.4 Å². The number of anilines is 1. The number of carbonyl (C=O) groups excluding carboxylic acids is 1. The van der Waals surface area contributed by atoms with E-state index in [1.165, 1.54) is 25.3 Å². The predicted octanol–water partition coefficient (Wildman–Crippen LogP) is 3.72. The van der Waals surface area contributed by atoms with Gasteiger partial charge in [0.25, 0.3) is 11.6 Å². The van der Waals surface area contributed by atoms with E-state index in [0.717, 1.165) is 11.3 Å². The molecule has 0 aliphatic rings. The Bertz CT molecular complexity index is 717. The molecule has 0 saturated carbocycles. The van der Waals surface area contributed by atoms with Crippen LogP contribution >= 0.6 is 11.8 Å². The fourth-order valence-electron chi connectivity index (χ4n) is 2.01. The molecular formula is C16H16N2O4S. The molecule has 23 heavy (non-hydrogen) atoms. The summed E-state index contributed by atoms with van der Waals surface area (Å²) in [7, 11) is 1.39. The van der Waals surface area contributed by atoms with Crippen molar-refractivity contribution in [3.8, 4) is 5.75 Å². The Morgan fingerprint density at radius 1 is 1.26 bits per heavy atom. The van der Waals surface area contributed by atoms with E-state index in [1.807, 2.05) is 18.4 Å². The number of thioether (sulfide) groups is 1. The quantitative estimate of drug-likeness (QED) is 0.644. The molecule has 7 heteroatoms. The Balaban J connectivity index is 2.17. The number of nitrogens with zero attached hydrogens (tertiary/aromatic N) is 1. The average Bonchev–Trinajstić information content (AvgIpc) is 2.56. The van der Waals surface area contributed by atoms with Crippen molar-refractivity contribution in [2.75, 3.05) is 18.7 Å². The van der Waals surface area contributed by atoms with Crippen LogP contribution in [0.5, 0.6) is 5.75 Å². The Kier molecular flexibility index (Phi) is 5.59. The van der Waals surface area contributed by atoms with Crippen LogP contribution in [-0.2, 0) is 5.75 Å². The molecule has 0 aliphatic carbocycles. The molecule has 0 bridgehead atoms. The van der Waals surface area contributed by atoms with Crippen LogP contribution in [0.25, 0.3) is 0 Å². The molecule has 1 amide bonds. The van der Waals surface area contributed by atoms with Crippen molar-refractivity contribution in [3.05, 3.63) is 63.7 Å². The summed E-state index contributed by atoms with van der Waals surface area (Å²) in [5.74, 6) is 0.831. The summed E-state index contributed by atoms with van der Waals surface area (Å²) < 4.78 is 5.10. The summed E-state index contributed by atoms with van der Waals surface area (Å²) in [6.45, 7) is 0. The average molecular weight is 332 g/mol. The molecule has 1 N–H and O–H groups in total. The summed E-state index contributed by atoms with van der Waals surface area (Å²) in [6.07, 6.45) is 2.02. The van der Waals surface area contributed by atoms with Gasteiger partial charge in [0.1, 0.15) is 5.75 Å². The van der Waals surface area contributed by atoms with E-state index >= 15 is 0 Å². The smallest absolute Gasteiger partial charge is 0.273 e. The minimum absolute atomic E-state index is 0.0960. The second-order valence-electron chi connectivity index (χ2n) is 4.73. The zero-order chi connectivity index (χ0) is 16.8. The Morgan fingerprint density at radius 2 is 1.96 bits per heavy atom. The Morgan fingerprint density at radius 3 is 2.52 bits per heavy atom. The van der Waals surface area contributed by atoms with Gasteiger partial charge >= 0.3 is 0 Å². The van der Waals surface area contributed by atoms with E-state index in [-0.39, 0.29) is 17.3 Å². The van der Waals surface area contributed by atoms with Gasteiger partial charge < -0.3 is 10.1 Å². The number of amides is 1. The molecule has 0 aromatic heterocycles. The van der Waals surface area contributed by atoms with Gasteiger partial charge in [-0.2, -0.15) is 11.8 Å². The number of hydrogen-bond donors (Lipinski definition) is 1. The van der Waals surface area contributed by atoms with E-state index in [0.29, 0.717) is 11.3 Å². The first-order chi connectivity index (χ1) is 11.0. The molecule has 0 saturated heterocycles. The van der Waals surface area contributed by atoms with Crippen molar-refractivity contribution >= 4 is 29.0 Å². The largest absolute Gasteiger partial charge is 0.494 e. The summed E-state index contributed by atoms with van der Waals surface area (Å²) in [4.78, 5) is 22.5. The molecule has 0 unspecified atom stereocenters. The van der Waals surface area contributed by atoms with Gasteiger partial charge in [-0.05, 0) is 30.0 Å². The summed E-state index contributed by atoms with van der Waals surface area (Å²) in [5.41, 5.74) is 1.94. The molecular weight excluding hydrogens is 316 g/mol. The van der Waals surface area contributed by atoms with Gasteiger partial charge in [0.15, 0.2) is 0 Å². The maximum absolute atomic E-state index is 12.3. The van der Waals surface area contributed by atoms with Crippen LogP contribution < -0.4 is 10.1 Å². The first kappa shape index (κ1) is 16.8. The van der Waals surface area contributed by atoms with Gasteiger partial charge in [0, 0.05) is 17.4 Å². The Labute approximate surface area is 138 Å². The fraction of sp³-hybridized carbons (Fsp3) is 0.188. The third kappa shape index (κ3) is 4.23. The number of nitrogens with one attached hydrogen (secondary N) is 1. The number of carbonyl (C=O) groups is 1. The van der Waals surface area contributed by atoms with Gasteiger partial charge in [0.05, 0.1) is 23.8 Å². The highest BCUT2D eigenvalue weighted by Crippen LogP contribution is 2.29. The number of benzene rings is 2. The molecule has 0 heterocycles. The fourth-order valence-corrected chi connectivity index (χ4v) is 2.54. The van der Waals surface area contributed by atoms with Crippen molar-refractivity contribution in [1.82, 2.24) is 0 Å². The summed E-state index contributed by atoms with van der Waals surface area (Å²) in [6, 6.07) is 11.3. The number of rotatable bonds is 6. The molecule has 2 aromatic rings. The summed E-state index contributed by atoms with van der Waals surface area (Å²) in [5, 5.41) is 13.5. The third-order valence-corrected chi connectivity index (χ3v) is 3.79. The topological polar surface area (TPSA) is 81.5 Å². The molecule has 120 valence electrons. The van der Waals surface area contributed by atoms with Gasteiger partial charge in [-0.15, -0.1) is 0 Å².